The normalized spacial score (nSPS) is 11.2. The highest BCUT2D eigenvalue weighted by Gasteiger charge is 2.26. The lowest BCUT2D eigenvalue weighted by Gasteiger charge is -2.25. The number of halogens is 1. The Balaban J connectivity index is 2.56. The Labute approximate surface area is 145 Å². The zero-order chi connectivity index (χ0) is 16.3. The number of aryl methyl sites for hydroxylation is 1. The zero-order valence-electron chi connectivity index (χ0n) is 12.6. The lowest BCUT2D eigenvalue weighted by molar-refractivity contribution is 0.592. The molecule has 116 valence electrons. The molecule has 0 N–H and O–H groups in total. The summed E-state index contributed by atoms with van der Waals surface area (Å²) < 4.78 is 28.3. The number of hydrogen-bond donors (Lipinski definition) is 0. The second-order valence-corrected chi connectivity index (χ2v) is 8.26. The Morgan fingerprint density at radius 1 is 1.14 bits per heavy atom. The summed E-state index contributed by atoms with van der Waals surface area (Å²) in [6, 6.07) is 14.3. The predicted molar refractivity (Wildman–Crippen MR) is 99.7 cm³/mol. The maximum absolute atomic E-state index is 13.0. The van der Waals surface area contributed by atoms with Crippen LogP contribution in [-0.4, -0.2) is 15.0 Å². The highest BCUT2D eigenvalue weighted by Crippen LogP contribution is 2.28. The predicted octanol–water partition coefficient (Wildman–Crippen LogP) is 4.37. The van der Waals surface area contributed by atoms with E-state index in [9.17, 15) is 8.42 Å². The molecule has 2 aromatic carbocycles. The maximum Gasteiger partial charge on any atom is 0.264 e. The number of nitrogens with zero attached hydrogens (tertiary/aromatic N) is 1. The van der Waals surface area contributed by atoms with Crippen LogP contribution in [0.1, 0.15) is 12.5 Å². The molecule has 0 bridgehead atoms. The van der Waals surface area contributed by atoms with Crippen molar-refractivity contribution in [2.24, 2.45) is 0 Å². The van der Waals surface area contributed by atoms with E-state index < -0.39 is 10.0 Å². The van der Waals surface area contributed by atoms with Gasteiger partial charge in [-0.15, -0.1) is 0 Å². The summed E-state index contributed by atoms with van der Waals surface area (Å²) in [6.07, 6.45) is 0. The molecule has 0 fully saturated rings. The molecule has 0 spiro atoms. The van der Waals surface area contributed by atoms with Gasteiger partial charge in [-0.25, -0.2) is 8.42 Å². The van der Waals surface area contributed by atoms with Crippen molar-refractivity contribution < 1.29 is 8.42 Å². The van der Waals surface area contributed by atoms with E-state index >= 15 is 0 Å². The minimum Gasteiger partial charge on any atom is -0.261 e. The molecular weight excluding hydrogens is 409 g/mol. The van der Waals surface area contributed by atoms with Crippen molar-refractivity contribution in [2.45, 2.75) is 18.7 Å². The summed E-state index contributed by atoms with van der Waals surface area (Å²) in [4.78, 5) is 0.291. The second-order valence-electron chi connectivity index (χ2n) is 5.23. The van der Waals surface area contributed by atoms with Gasteiger partial charge in [0.25, 0.3) is 10.0 Å². The van der Waals surface area contributed by atoms with Crippen LogP contribution >= 0.6 is 22.6 Å². The van der Waals surface area contributed by atoms with Gasteiger partial charge in [0, 0.05) is 3.57 Å². The molecule has 0 atom stereocenters. The third-order valence-corrected chi connectivity index (χ3v) is 5.83. The fourth-order valence-corrected chi connectivity index (χ4v) is 4.42. The second kappa shape index (κ2) is 6.83. The Morgan fingerprint density at radius 2 is 1.73 bits per heavy atom. The molecule has 0 aromatic heterocycles. The van der Waals surface area contributed by atoms with Crippen LogP contribution in [0, 0.1) is 10.5 Å². The SMILES string of the molecule is C=C(C)CN(c1ccccc1I)S(=O)(=O)c1ccc(C)cc1. The van der Waals surface area contributed by atoms with Gasteiger partial charge in [0.05, 0.1) is 17.1 Å². The van der Waals surface area contributed by atoms with Gasteiger partial charge in [0.15, 0.2) is 0 Å². The van der Waals surface area contributed by atoms with E-state index in [4.69, 9.17) is 0 Å². The largest absolute Gasteiger partial charge is 0.264 e. The number of anilines is 1. The molecule has 0 saturated heterocycles. The molecule has 2 aromatic rings. The van der Waals surface area contributed by atoms with Gasteiger partial charge < -0.3 is 0 Å². The Bertz CT molecular complexity index is 783. The molecular formula is C17H18INO2S. The lowest BCUT2D eigenvalue weighted by Crippen LogP contribution is -2.33. The van der Waals surface area contributed by atoms with Gasteiger partial charge in [0.1, 0.15) is 0 Å². The van der Waals surface area contributed by atoms with Crippen LogP contribution in [0.15, 0.2) is 65.6 Å². The fourth-order valence-electron chi connectivity index (χ4n) is 2.04. The molecule has 0 radical (unpaired) electrons. The molecule has 0 aliphatic heterocycles. The van der Waals surface area contributed by atoms with Crippen molar-refractivity contribution in [1.82, 2.24) is 0 Å². The molecule has 2 rings (SSSR count). The fraction of sp³-hybridized carbons (Fsp3) is 0.176. The third kappa shape index (κ3) is 3.70. The Kier molecular flexibility index (Phi) is 5.28. The van der Waals surface area contributed by atoms with Crippen LogP contribution in [0.4, 0.5) is 5.69 Å². The first kappa shape index (κ1) is 17.0. The average molecular weight is 427 g/mol. The van der Waals surface area contributed by atoms with Crippen molar-refractivity contribution >= 4 is 38.3 Å². The van der Waals surface area contributed by atoms with E-state index in [2.05, 4.69) is 29.2 Å². The molecule has 0 aliphatic carbocycles. The molecule has 0 heterocycles. The van der Waals surface area contributed by atoms with Gasteiger partial charge in [-0.2, -0.15) is 0 Å². The summed E-state index contributed by atoms with van der Waals surface area (Å²) in [7, 11) is -3.62. The van der Waals surface area contributed by atoms with Crippen molar-refractivity contribution in [3.05, 3.63) is 69.8 Å². The van der Waals surface area contributed by atoms with Crippen molar-refractivity contribution in [1.29, 1.82) is 0 Å². The summed E-state index contributed by atoms with van der Waals surface area (Å²) in [5, 5.41) is 0. The number of rotatable bonds is 5. The monoisotopic (exact) mass is 427 g/mol. The van der Waals surface area contributed by atoms with Gasteiger partial charge in [0.2, 0.25) is 0 Å². The number of sulfonamides is 1. The molecule has 22 heavy (non-hydrogen) atoms. The van der Waals surface area contributed by atoms with E-state index in [1.807, 2.05) is 50.2 Å². The van der Waals surface area contributed by atoms with E-state index in [0.29, 0.717) is 10.6 Å². The lowest BCUT2D eigenvalue weighted by atomic mass is 10.2. The van der Waals surface area contributed by atoms with Gasteiger partial charge in [-0.3, -0.25) is 4.31 Å². The van der Waals surface area contributed by atoms with E-state index in [-0.39, 0.29) is 6.54 Å². The Hall–Kier alpha value is -1.34. The number of para-hydroxylation sites is 1. The van der Waals surface area contributed by atoms with Crippen LogP contribution in [-0.2, 0) is 10.0 Å². The first-order valence-electron chi connectivity index (χ1n) is 6.80. The van der Waals surface area contributed by atoms with Gasteiger partial charge >= 0.3 is 0 Å². The third-order valence-electron chi connectivity index (χ3n) is 3.14. The number of benzene rings is 2. The van der Waals surface area contributed by atoms with Gasteiger partial charge in [-0.1, -0.05) is 42.0 Å². The first-order valence-corrected chi connectivity index (χ1v) is 9.32. The van der Waals surface area contributed by atoms with E-state index in [1.165, 1.54) is 4.31 Å². The average Bonchev–Trinajstić information content (AvgIpc) is 2.46. The summed E-state index contributed by atoms with van der Waals surface area (Å²) >= 11 is 2.15. The maximum atomic E-state index is 13.0. The Morgan fingerprint density at radius 3 is 2.27 bits per heavy atom. The van der Waals surface area contributed by atoms with Crippen LogP contribution in [0.2, 0.25) is 0 Å². The van der Waals surface area contributed by atoms with Crippen molar-refractivity contribution in [3.8, 4) is 0 Å². The molecule has 0 saturated carbocycles. The molecule has 3 nitrogen and oxygen atoms in total. The number of hydrogen-bond acceptors (Lipinski definition) is 2. The minimum atomic E-state index is -3.62. The zero-order valence-corrected chi connectivity index (χ0v) is 15.6. The molecule has 0 aliphatic rings. The smallest absolute Gasteiger partial charge is 0.261 e. The topological polar surface area (TPSA) is 37.4 Å². The van der Waals surface area contributed by atoms with Crippen LogP contribution in [0.3, 0.4) is 0 Å². The molecule has 0 amide bonds. The molecule has 0 unspecified atom stereocenters. The first-order chi connectivity index (χ1) is 10.3. The molecule has 5 heteroatoms. The highest BCUT2D eigenvalue weighted by atomic mass is 127. The van der Waals surface area contributed by atoms with Gasteiger partial charge in [-0.05, 0) is 60.7 Å². The van der Waals surface area contributed by atoms with Crippen LogP contribution < -0.4 is 4.31 Å². The summed E-state index contributed by atoms with van der Waals surface area (Å²) in [6.45, 7) is 7.88. The van der Waals surface area contributed by atoms with E-state index in [1.54, 1.807) is 12.1 Å². The van der Waals surface area contributed by atoms with Crippen LogP contribution in [0.5, 0.6) is 0 Å². The van der Waals surface area contributed by atoms with Crippen LogP contribution in [0.25, 0.3) is 0 Å². The van der Waals surface area contributed by atoms with Crippen molar-refractivity contribution in [3.63, 3.8) is 0 Å². The highest BCUT2D eigenvalue weighted by molar-refractivity contribution is 14.1. The quantitative estimate of drug-likeness (QED) is 0.525. The van der Waals surface area contributed by atoms with Crippen molar-refractivity contribution in [2.75, 3.05) is 10.8 Å². The minimum absolute atomic E-state index is 0.260. The van der Waals surface area contributed by atoms with E-state index in [0.717, 1.165) is 14.7 Å². The summed E-state index contributed by atoms with van der Waals surface area (Å²) in [5.74, 6) is 0. The summed E-state index contributed by atoms with van der Waals surface area (Å²) in [5.41, 5.74) is 2.49. The standard InChI is InChI=1S/C17H18INO2S/c1-13(2)12-19(17-7-5-4-6-16(17)18)22(20,21)15-10-8-14(3)9-11-15/h4-11H,1,12H2,2-3H3.